The molecule has 0 heterocycles. The summed E-state index contributed by atoms with van der Waals surface area (Å²) >= 11 is 0. The molecule has 0 radical (unpaired) electrons. The molecule has 0 aliphatic carbocycles. The number of anilines is 1. The summed E-state index contributed by atoms with van der Waals surface area (Å²) in [7, 11) is 1.67. The maximum Gasteiger partial charge on any atom is 0.139 e. The second-order valence-electron chi connectivity index (χ2n) is 4.71. The zero-order chi connectivity index (χ0) is 12.2. The van der Waals surface area contributed by atoms with E-state index in [1.54, 1.807) is 7.11 Å². The number of hydrogen-bond donors (Lipinski definition) is 1. The second kappa shape index (κ2) is 5.01. The number of ether oxygens (including phenoxy) is 1. The molecule has 1 aromatic carbocycles. The Morgan fingerprint density at radius 3 is 2.56 bits per heavy atom. The van der Waals surface area contributed by atoms with Crippen LogP contribution in [0.2, 0.25) is 0 Å². The minimum absolute atomic E-state index is 0.0181. The zero-order valence-electron chi connectivity index (χ0n) is 10.3. The third-order valence-electron chi connectivity index (χ3n) is 2.40. The number of methoxy groups -OCH3 is 1. The van der Waals surface area contributed by atoms with E-state index in [-0.39, 0.29) is 5.41 Å². The number of rotatable bonds is 4. The van der Waals surface area contributed by atoms with Gasteiger partial charge in [-0.15, -0.1) is 0 Å². The normalized spacial score (nSPS) is 11.0. The summed E-state index contributed by atoms with van der Waals surface area (Å²) in [5, 5.41) is 3.03. The third-order valence-corrected chi connectivity index (χ3v) is 2.40. The summed E-state index contributed by atoms with van der Waals surface area (Å²) in [6, 6.07) is 5.87. The summed E-state index contributed by atoms with van der Waals surface area (Å²) in [6.45, 7) is 6.73. The zero-order valence-corrected chi connectivity index (χ0v) is 10.3. The summed E-state index contributed by atoms with van der Waals surface area (Å²) in [5.41, 5.74) is 2.09. The second-order valence-corrected chi connectivity index (χ2v) is 4.71. The Labute approximate surface area is 96.8 Å². The average molecular weight is 221 g/mol. The molecule has 1 aromatic rings. The molecule has 0 saturated carbocycles. The Morgan fingerprint density at radius 1 is 1.38 bits per heavy atom. The van der Waals surface area contributed by atoms with Crippen molar-refractivity contribution in [2.24, 2.45) is 0 Å². The maximum absolute atomic E-state index is 10.3. The lowest BCUT2D eigenvalue weighted by Crippen LogP contribution is -2.13. The van der Waals surface area contributed by atoms with Gasteiger partial charge >= 0.3 is 0 Å². The van der Waals surface area contributed by atoms with Crippen LogP contribution in [-0.2, 0) is 10.2 Å². The first kappa shape index (κ1) is 12.6. The molecule has 88 valence electrons. The monoisotopic (exact) mass is 221 g/mol. The van der Waals surface area contributed by atoms with Gasteiger partial charge in [-0.25, -0.2) is 0 Å². The Morgan fingerprint density at radius 2 is 2.06 bits per heavy atom. The van der Waals surface area contributed by atoms with Crippen LogP contribution in [-0.4, -0.2) is 19.9 Å². The topological polar surface area (TPSA) is 38.3 Å². The predicted octanol–water partition coefficient (Wildman–Crippen LogP) is 2.60. The molecular formula is C13H19NO2. The van der Waals surface area contributed by atoms with Crippen LogP contribution >= 0.6 is 0 Å². The van der Waals surface area contributed by atoms with Crippen LogP contribution in [0.25, 0.3) is 0 Å². The van der Waals surface area contributed by atoms with Crippen LogP contribution in [0.15, 0.2) is 18.2 Å². The number of aldehydes is 1. The van der Waals surface area contributed by atoms with Crippen molar-refractivity contribution in [3.63, 3.8) is 0 Å². The predicted molar refractivity (Wildman–Crippen MR) is 66.2 cm³/mol. The van der Waals surface area contributed by atoms with E-state index in [2.05, 4.69) is 26.1 Å². The van der Waals surface area contributed by atoms with Crippen molar-refractivity contribution in [3.8, 4) is 5.75 Å². The van der Waals surface area contributed by atoms with E-state index in [0.29, 0.717) is 6.54 Å². The first-order valence-corrected chi connectivity index (χ1v) is 5.35. The first-order chi connectivity index (χ1) is 7.49. The Balaban J connectivity index is 3.06. The van der Waals surface area contributed by atoms with Crippen LogP contribution in [0, 0.1) is 0 Å². The summed E-state index contributed by atoms with van der Waals surface area (Å²) in [6.07, 6.45) is 0.848. The molecule has 0 aliphatic heterocycles. The lowest BCUT2D eigenvalue weighted by atomic mass is 9.86. The fraction of sp³-hybridized carbons (Fsp3) is 0.462. The van der Waals surface area contributed by atoms with Gasteiger partial charge in [0.25, 0.3) is 0 Å². The number of hydrogen-bond acceptors (Lipinski definition) is 3. The van der Waals surface area contributed by atoms with Gasteiger partial charge in [0.1, 0.15) is 12.0 Å². The van der Waals surface area contributed by atoms with E-state index in [1.807, 2.05) is 18.2 Å². The Hall–Kier alpha value is -1.51. The summed E-state index contributed by atoms with van der Waals surface area (Å²) in [5.74, 6) is 0.879. The van der Waals surface area contributed by atoms with E-state index in [1.165, 1.54) is 0 Å². The molecule has 0 unspecified atom stereocenters. The molecule has 0 saturated heterocycles. The van der Waals surface area contributed by atoms with E-state index in [0.717, 1.165) is 23.3 Å². The standard InChI is InChI=1S/C13H19NO2/c1-13(2,3)11-9-10(14-7-8-15)5-6-12(11)16-4/h5-6,8-9,14H,7H2,1-4H3. The van der Waals surface area contributed by atoms with Crippen LogP contribution in [0.3, 0.4) is 0 Å². The van der Waals surface area contributed by atoms with Crippen molar-refractivity contribution in [3.05, 3.63) is 23.8 Å². The third kappa shape index (κ3) is 2.99. The molecule has 1 rings (SSSR count). The molecule has 0 aromatic heterocycles. The molecule has 0 spiro atoms. The summed E-state index contributed by atoms with van der Waals surface area (Å²) < 4.78 is 5.33. The van der Waals surface area contributed by atoms with E-state index in [9.17, 15) is 4.79 Å². The highest BCUT2D eigenvalue weighted by Gasteiger charge is 2.19. The molecule has 0 fully saturated rings. The van der Waals surface area contributed by atoms with Crippen molar-refractivity contribution in [2.75, 3.05) is 19.0 Å². The molecule has 3 nitrogen and oxygen atoms in total. The van der Waals surface area contributed by atoms with Gasteiger partial charge in [0.2, 0.25) is 0 Å². The number of carbonyl (C=O) groups is 1. The molecule has 0 atom stereocenters. The van der Waals surface area contributed by atoms with Crippen molar-refractivity contribution in [1.82, 2.24) is 0 Å². The van der Waals surface area contributed by atoms with E-state index >= 15 is 0 Å². The molecule has 0 aliphatic rings. The van der Waals surface area contributed by atoms with Gasteiger partial charge in [-0.1, -0.05) is 20.8 Å². The SMILES string of the molecule is COc1ccc(NCC=O)cc1C(C)(C)C. The molecule has 16 heavy (non-hydrogen) atoms. The summed E-state index contributed by atoms with van der Waals surface area (Å²) in [4.78, 5) is 10.3. The van der Waals surface area contributed by atoms with Crippen molar-refractivity contribution in [2.45, 2.75) is 26.2 Å². The Bertz CT molecular complexity index is 367. The molecule has 1 N–H and O–H groups in total. The van der Waals surface area contributed by atoms with Crippen LogP contribution in [0.5, 0.6) is 5.75 Å². The molecule has 0 amide bonds. The fourth-order valence-corrected chi connectivity index (χ4v) is 1.56. The van der Waals surface area contributed by atoms with Crippen LogP contribution in [0.4, 0.5) is 5.69 Å². The number of nitrogens with one attached hydrogen (secondary N) is 1. The minimum Gasteiger partial charge on any atom is -0.496 e. The van der Waals surface area contributed by atoms with Gasteiger partial charge in [0, 0.05) is 11.3 Å². The van der Waals surface area contributed by atoms with E-state index in [4.69, 9.17) is 4.74 Å². The minimum atomic E-state index is 0.0181. The largest absolute Gasteiger partial charge is 0.496 e. The van der Waals surface area contributed by atoms with Crippen molar-refractivity contribution in [1.29, 1.82) is 0 Å². The van der Waals surface area contributed by atoms with Crippen molar-refractivity contribution < 1.29 is 9.53 Å². The maximum atomic E-state index is 10.3. The fourth-order valence-electron chi connectivity index (χ4n) is 1.56. The molecule has 0 bridgehead atoms. The highest BCUT2D eigenvalue weighted by atomic mass is 16.5. The molecule has 3 heteroatoms. The average Bonchev–Trinajstić information content (AvgIpc) is 2.24. The van der Waals surface area contributed by atoms with Gasteiger partial charge < -0.3 is 14.8 Å². The molecular weight excluding hydrogens is 202 g/mol. The number of benzene rings is 1. The van der Waals surface area contributed by atoms with Gasteiger partial charge in [-0.2, -0.15) is 0 Å². The van der Waals surface area contributed by atoms with Gasteiger partial charge in [0.15, 0.2) is 0 Å². The van der Waals surface area contributed by atoms with Crippen molar-refractivity contribution >= 4 is 12.0 Å². The highest BCUT2D eigenvalue weighted by Crippen LogP contribution is 2.33. The van der Waals surface area contributed by atoms with Gasteiger partial charge in [-0.05, 0) is 23.6 Å². The van der Waals surface area contributed by atoms with Crippen LogP contribution < -0.4 is 10.1 Å². The highest BCUT2D eigenvalue weighted by molar-refractivity contribution is 5.61. The van der Waals surface area contributed by atoms with Gasteiger partial charge in [0.05, 0.1) is 13.7 Å². The first-order valence-electron chi connectivity index (χ1n) is 5.35. The smallest absolute Gasteiger partial charge is 0.139 e. The van der Waals surface area contributed by atoms with E-state index < -0.39 is 0 Å². The Kier molecular flexibility index (Phi) is 3.93. The van der Waals surface area contributed by atoms with Crippen LogP contribution in [0.1, 0.15) is 26.3 Å². The quantitative estimate of drug-likeness (QED) is 0.794. The number of carbonyl (C=O) groups excluding carboxylic acids is 1. The van der Waals surface area contributed by atoms with Gasteiger partial charge in [-0.3, -0.25) is 0 Å². The lowest BCUT2D eigenvalue weighted by Gasteiger charge is -2.23. The lowest BCUT2D eigenvalue weighted by molar-refractivity contribution is -0.106.